The first kappa shape index (κ1) is 21.8. The molecule has 0 aliphatic heterocycles. The number of rotatable bonds is 2. The van der Waals surface area contributed by atoms with Gasteiger partial charge in [0.05, 0.1) is 5.92 Å². The van der Waals surface area contributed by atoms with Crippen LogP contribution in [0.25, 0.3) is 32.7 Å². The average Bonchev–Trinajstić information content (AvgIpc) is 3.13. The highest BCUT2D eigenvalue weighted by atomic mass is 16.1. The first-order valence-corrected chi connectivity index (χ1v) is 12.5. The fraction of sp³-hybridized carbons (Fsp3) is 0.206. The van der Waals surface area contributed by atoms with Gasteiger partial charge < -0.3 is 0 Å². The Bertz CT molecular complexity index is 1600. The molecule has 5 aromatic rings. The van der Waals surface area contributed by atoms with Crippen LogP contribution >= 0.6 is 0 Å². The lowest BCUT2D eigenvalue weighted by atomic mass is 9.83. The number of Topliss-reactive ketones (excluding diaryl/α,β-unsaturated/α-hetero) is 1. The van der Waals surface area contributed by atoms with Crippen molar-refractivity contribution in [3.8, 4) is 11.1 Å². The van der Waals surface area contributed by atoms with E-state index in [0.717, 1.165) is 5.56 Å². The van der Waals surface area contributed by atoms with Crippen LogP contribution in [0, 0.1) is 0 Å². The number of hydrogen-bond acceptors (Lipinski definition) is 1. The van der Waals surface area contributed by atoms with Crippen LogP contribution in [0.15, 0.2) is 97.1 Å². The van der Waals surface area contributed by atoms with Crippen LogP contribution in [-0.4, -0.2) is 5.78 Å². The molecular weight excluding hydrogens is 424 g/mol. The van der Waals surface area contributed by atoms with Gasteiger partial charge in [-0.1, -0.05) is 113 Å². The summed E-state index contributed by atoms with van der Waals surface area (Å²) in [4.78, 5) is 13.6. The van der Waals surface area contributed by atoms with Gasteiger partial charge in [0.25, 0.3) is 0 Å². The second-order valence-corrected chi connectivity index (χ2v) is 11.0. The lowest BCUT2D eigenvalue weighted by molar-refractivity contribution is -0.119. The third-order valence-electron chi connectivity index (χ3n) is 7.76. The van der Waals surface area contributed by atoms with E-state index < -0.39 is 0 Å². The fourth-order valence-electron chi connectivity index (χ4n) is 5.66. The van der Waals surface area contributed by atoms with Crippen LogP contribution in [0.4, 0.5) is 0 Å². The molecule has 1 aliphatic rings. The molecule has 0 bridgehead atoms. The number of carbonyl (C=O) groups excluding carboxylic acids is 1. The number of fused-ring (bicyclic) bond motifs is 4. The van der Waals surface area contributed by atoms with Crippen LogP contribution in [0.3, 0.4) is 0 Å². The van der Waals surface area contributed by atoms with Gasteiger partial charge in [0, 0.05) is 5.92 Å². The zero-order chi connectivity index (χ0) is 24.3. The summed E-state index contributed by atoms with van der Waals surface area (Å²) < 4.78 is 0. The predicted octanol–water partition coefficient (Wildman–Crippen LogP) is 8.78. The van der Waals surface area contributed by atoms with Gasteiger partial charge in [-0.15, -0.1) is 0 Å². The molecule has 0 amide bonds. The zero-order valence-corrected chi connectivity index (χ0v) is 20.8. The van der Waals surface area contributed by atoms with E-state index in [-0.39, 0.29) is 17.3 Å². The minimum Gasteiger partial charge on any atom is -0.298 e. The lowest BCUT2D eigenvalue weighted by Crippen LogP contribution is -2.13. The maximum atomic E-state index is 13.6. The minimum absolute atomic E-state index is 0.0882. The average molecular weight is 455 g/mol. The van der Waals surface area contributed by atoms with Gasteiger partial charge in [-0.05, 0) is 72.5 Å². The standard InChI is InChI=1S/C34H30O/c1-21-29-18-15-23-10-12-27(26-11-9-22-7-5-6-8-25(22)19-26)20-30(23)32(29)31(33(21)35)24-13-16-28(17-14-24)34(2,3)4/h5-21,31H,1-4H3. The van der Waals surface area contributed by atoms with Crippen molar-refractivity contribution in [2.75, 3.05) is 0 Å². The molecule has 1 heteroatoms. The summed E-state index contributed by atoms with van der Waals surface area (Å²) in [6, 6.07) is 34.9. The number of carbonyl (C=O) groups is 1. The van der Waals surface area contributed by atoms with Crippen molar-refractivity contribution in [3.05, 3.63) is 119 Å². The highest BCUT2D eigenvalue weighted by molar-refractivity contribution is 6.05. The summed E-state index contributed by atoms with van der Waals surface area (Å²) in [6.07, 6.45) is 0. The maximum Gasteiger partial charge on any atom is 0.151 e. The largest absolute Gasteiger partial charge is 0.298 e. The summed E-state index contributed by atoms with van der Waals surface area (Å²) >= 11 is 0. The van der Waals surface area contributed by atoms with E-state index in [1.165, 1.54) is 49.4 Å². The maximum absolute atomic E-state index is 13.6. The fourth-order valence-corrected chi connectivity index (χ4v) is 5.66. The van der Waals surface area contributed by atoms with Crippen molar-refractivity contribution in [3.63, 3.8) is 0 Å². The molecule has 0 aromatic heterocycles. The second kappa shape index (κ2) is 7.92. The Morgan fingerprint density at radius 1 is 0.657 bits per heavy atom. The van der Waals surface area contributed by atoms with Crippen LogP contribution in [0.2, 0.25) is 0 Å². The molecule has 1 aliphatic carbocycles. The van der Waals surface area contributed by atoms with Crippen molar-refractivity contribution >= 4 is 27.3 Å². The molecule has 0 saturated heterocycles. The highest BCUT2D eigenvalue weighted by Crippen LogP contribution is 2.46. The van der Waals surface area contributed by atoms with E-state index >= 15 is 0 Å². The summed E-state index contributed by atoms with van der Waals surface area (Å²) in [5, 5.41) is 4.86. The SMILES string of the molecule is CC1C(=O)C(c2ccc(C(C)(C)C)cc2)c2c1ccc1ccc(-c3ccc4ccccc4c3)cc21. The van der Waals surface area contributed by atoms with Crippen molar-refractivity contribution in [2.24, 2.45) is 0 Å². The van der Waals surface area contributed by atoms with E-state index in [4.69, 9.17) is 0 Å². The van der Waals surface area contributed by atoms with E-state index in [9.17, 15) is 4.79 Å². The highest BCUT2D eigenvalue weighted by Gasteiger charge is 2.39. The molecule has 172 valence electrons. The Morgan fingerprint density at radius 3 is 2.00 bits per heavy atom. The Kier molecular flexibility index (Phi) is 4.93. The number of ketones is 1. The normalized spacial score (nSPS) is 17.8. The van der Waals surface area contributed by atoms with Gasteiger partial charge in [0.1, 0.15) is 0 Å². The van der Waals surface area contributed by atoms with Gasteiger partial charge >= 0.3 is 0 Å². The van der Waals surface area contributed by atoms with E-state index in [2.05, 4.69) is 125 Å². The molecule has 2 unspecified atom stereocenters. The number of benzene rings is 5. The topological polar surface area (TPSA) is 17.1 Å². The van der Waals surface area contributed by atoms with Crippen molar-refractivity contribution in [2.45, 2.75) is 44.9 Å². The van der Waals surface area contributed by atoms with Gasteiger partial charge in [0.2, 0.25) is 0 Å². The molecule has 0 radical (unpaired) electrons. The Balaban J connectivity index is 1.52. The third kappa shape index (κ3) is 3.58. The van der Waals surface area contributed by atoms with E-state index in [0.29, 0.717) is 5.78 Å². The van der Waals surface area contributed by atoms with Crippen LogP contribution < -0.4 is 0 Å². The summed E-state index contributed by atoms with van der Waals surface area (Å²) in [6.45, 7) is 8.73. The summed E-state index contributed by atoms with van der Waals surface area (Å²) in [5.74, 6) is -0.0114. The molecule has 5 aromatic carbocycles. The smallest absolute Gasteiger partial charge is 0.151 e. The molecule has 0 saturated carbocycles. The van der Waals surface area contributed by atoms with Gasteiger partial charge in [0.15, 0.2) is 5.78 Å². The predicted molar refractivity (Wildman–Crippen MR) is 147 cm³/mol. The first-order valence-electron chi connectivity index (χ1n) is 12.5. The summed E-state index contributed by atoms with van der Waals surface area (Å²) in [7, 11) is 0. The third-order valence-corrected chi connectivity index (χ3v) is 7.76. The minimum atomic E-state index is -0.218. The van der Waals surface area contributed by atoms with Crippen molar-refractivity contribution in [1.29, 1.82) is 0 Å². The second-order valence-electron chi connectivity index (χ2n) is 11.0. The molecule has 0 fully saturated rings. The van der Waals surface area contributed by atoms with Crippen molar-refractivity contribution < 1.29 is 4.79 Å². The van der Waals surface area contributed by atoms with Crippen LogP contribution in [-0.2, 0) is 10.2 Å². The van der Waals surface area contributed by atoms with Crippen LogP contribution in [0.5, 0.6) is 0 Å². The van der Waals surface area contributed by atoms with E-state index in [1.54, 1.807) is 0 Å². The van der Waals surface area contributed by atoms with Gasteiger partial charge in [-0.25, -0.2) is 0 Å². The molecule has 2 atom stereocenters. The molecule has 6 rings (SSSR count). The van der Waals surface area contributed by atoms with Crippen molar-refractivity contribution in [1.82, 2.24) is 0 Å². The molecule has 0 N–H and O–H groups in total. The molecule has 0 spiro atoms. The van der Waals surface area contributed by atoms with Gasteiger partial charge in [-0.3, -0.25) is 4.79 Å². The Hall–Kier alpha value is -3.71. The molecule has 0 heterocycles. The van der Waals surface area contributed by atoms with Gasteiger partial charge in [-0.2, -0.15) is 0 Å². The lowest BCUT2D eigenvalue weighted by Gasteiger charge is -2.20. The Labute approximate surface area is 207 Å². The van der Waals surface area contributed by atoms with E-state index in [1.807, 2.05) is 0 Å². The first-order chi connectivity index (χ1) is 16.8. The monoisotopic (exact) mass is 454 g/mol. The molecule has 35 heavy (non-hydrogen) atoms. The quantitative estimate of drug-likeness (QED) is 0.260. The summed E-state index contributed by atoms with van der Waals surface area (Å²) in [5.41, 5.74) is 7.21. The number of hydrogen-bond donors (Lipinski definition) is 0. The molecular formula is C34H30O. The molecule has 1 nitrogen and oxygen atoms in total. The zero-order valence-electron chi connectivity index (χ0n) is 20.8. The Morgan fingerprint density at radius 2 is 1.29 bits per heavy atom. The van der Waals surface area contributed by atoms with Crippen LogP contribution in [0.1, 0.15) is 61.8 Å².